The molecule has 0 saturated carbocycles. The number of aromatic nitrogens is 3. The summed E-state index contributed by atoms with van der Waals surface area (Å²) in [6, 6.07) is 65.8. The predicted molar refractivity (Wildman–Crippen MR) is 227 cm³/mol. The van der Waals surface area contributed by atoms with Crippen LogP contribution >= 0.6 is 0 Å². The number of nitrogens with zero attached hydrogens (tertiary/aromatic N) is 3. The van der Waals surface area contributed by atoms with Crippen molar-refractivity contribution in [2.24, 2.45) is 0 Å². The van der Waals surface area contributed by atoms with E-state index in [0.717, 1.165) is 77.0 Å². The van der Waals surface area contributed by atoms with Crippen molar-refractivity contribution in [3.63, 3.8) is 0 Å². The Hall–Kier alpha value is -7.43. The van der Waals surface area contributed by atoms with E-state index in [1.165, 1.54) is 16.2 Å². The first-order chi connectivity index (χ1) is 27.2. The first-order valence-electron chi connectivity index (χ1n) is 18.5. The molecule has 4 nitrogen and oxygen atoms in total. The first kappa shape index (κ1) is 31.1. The number of benzene rings is 9. The van der Waals surface area contributed by atoms with Gasteiger partial charge in [0.15, 0.2) is 17.5 Å². The molecular weight excluding hydrogens is 671 g/mol. The number of hydrogen-bond acceptors (Lipinski definition) is 4. The largest absolute Gasteiger partial charge is 0.456 e. The van der Waals surface area contributed by atoms with Crippen LogP contribution in [0.2, 0.25) is 0 Å². The van der Waals surface area contributed by atoms with Gasteiger partial charge in [0.05, 0.1) is 0 Å². The number of fused-ring (bicyclic) bond motifs is 7. The molecule has 0 unspecified atom stereocenters. The van der Waals surface area contributed by atoms with E-state index in [0.29, 0.717) is 17.5 Å². The van der Waals surface area contributed by atoms with E-state index in [4.69, 9.17) is 19.4 Å². The van der Waals surface area contributed by atoms with Crippen LogP contribution in [0.25, 0.3) is 111 Å². The molecule has 4 heteroatoms. The highest BCUT2D eigenvalue weighted by Crippen LogP contribution is 2.40. The van der Waals surface area contributed by atoms with Gasteiger partial charge in [-0.25, -0.2) is 15.0 Å². The second-order valence-electron chi connectivity index (χ2n) is 14.0. The fourth-order valence-electron chi connectivity index (χ4n) is 8.06. The molecule has 9 aromatic carbocycles. The fourth-order valence-corrected chi connectivity index (χ4v) is 8.06. The van der Waals surface area contributed by atoms with Crippen LogP contribution in [0.1, 0.15) is 0 Å². The Morgan fingerprint density at radius 3 is 1.76 bits per heavy atom. The molecule has 0 radical (unpaired) electrons. The van der Waals surface area contributed by atoms with Gasteiger partial charge < -0.3 is 4.42 Å². The maximum atomic E-state index is 6.10. The first-order valence-corrected chi connectivity index (χ1v) is 18.5. The third-order valence-electron chi connectivity index (χ3n) is 10.7. The number of hydrogen-bond donors (Lipinski definition) is 0. The van der Waals surface area contributed by atoms with Crippen LogP contribution in [0.15, 0.2) is 192 Å². The quantitative estimate of drug-likeness (QED) is 0.132. The maximum Gasteiger partial charge on any atom is 0.165 e. The second kappa shape index (κ2) is 12.6. The molecule has 11 rings (SSSR count). The van der Waals surface area contributed by atoms with E-state index < -0.39 is 0 Å². The van der Waals surface area contributed by atoms with Crippen molar-refractivity contribution in [3.05, 3.63) is 188 Å². The third kappa shape index (κ3) is 5.26. The summed E-state index contributed by atoms with van der Waals surface area (Å²) in [5.74, 6) is 1.89. The fraction of sp³-hybridized carbons (Fsp3) is 0. The normalized spacial score (nSPS) is 11.6. The van der Waals surface area contributed by atoms with Gasteiger partial charge in [0.25, 0.3) is 0 Å². The van der Waals surface area contributed by atoms with Crippen molar-refractivity contribution in [1.29, 1.82) is 0 Å². The molecule has 55 heavy (non-hydrogen) atoms. The minimum Gasteiger partial charge on any atom is -0.456 e. The third-order valence-corrected chi connectivity index (χ3v) is 10.7. The monoisotopic (exact) mass is 701 g/mol. The molecule has 0 bridgehead atoms. The molecule has 256 valence electrons. The topological polar surface area (TPSA) is 51.8 Å². The lowest BCUT2D eigenvalue weighted by Gasteiger charge is -2.15. The van der Waals surface area contributed by atoms with Crippen molar-refractivity contribution >= 4 is 54.3 Å². The molecule has 0 aliphatic rings. The van der Waals surface area contributed by atoms with Crippen molar-refractivity contribution in [3.8, 4) is 56.4 Å². The lowest BCUT2D eigenvalue weighted by atomic mass is 9.93. The molecule has 0 amide bonds. The lowest BCUT2D eigenvalue weighted by molar-refractivity contribution is 0.669. The highest BCUT2D eigenvalue weighted by molar-refractivity contribution is 6.19. The zero-order valence-electron chi connectivity index (χ0n) is 29.6. The Kier molecular flexibility index (Phi) is 7.14. The minimum atomic E-state index is 0.618. The summed E-state index contributed by atoms with van der Waals surface area (Å²) in [5, 5.41) is 9.14. The van der Waals surface area contributed by atoms with Crippen LogP contribution in [0, 0.1) is 0 Å². The second-order valence-corrected chi connectivity index (χ2v) is 14.0. The molecule has 0 fully saturated rings. The summed E-state index contributed by atoms with van der Waals surface area (Å²) in [7, 11) is 0. The van der Waals surface area contributed by atoms with Crippen LogP contribution in [-0.4, -0.2) is 15.0 Å². The number of rotatable bonds is 5. The van der Waals surface area contributed by atoms with E-state index in [1.807, 2.05) is 18.2 Å². The Morgan fingerprint density at radius 1 is 0.291 bits per heavy atom. The van der Waals surface area contributed by atoms with Gasteiger partial charge in [0, 0.05) is 27.5 Å². The number of para-hydroxylation sites is 1. The zero-order chi connectivity index (χ0) is 36.3. The summed E-state index contributed by atoms with van der Waals surface area (Å²) < 4.78 is 6.10. The predicted octanol–water partition coefficient (Wildman–Crippen LogP) is 13.6. The van der Waals surface area contributed by atoms with Crippen molar-refractivity contribution in [2.45, 2.75) is 0 Å². The highest BCUT2D eigenvalue weighted by Gasteiger charge is 2.20. The summed E-state index contributed by atoms with van der Waals surface area (Å²) in [6.45, 7) is 0. The lowest BCUT2D eigenvalue weighted by Crippen LogP contribution is -2.02. The standard InChI is InChI=1S/C51H31N3O/c1-2-12-33(13-3-1)38-16-8-9-20-43(38)50-52-49(35-24-22-32(23-25-35)36-27-29-47-45(30-36)41-19-10-11-21-46(41)55-47)53-51(54-50)48-40-18-7-5-15-37(40)31-44-39-17-6-4-14-34(39)26-28-42(44)48/h1-31H. The Morgan fingerprint density at radius 2 is 0.909 bits per heavy atom. The summed E-state index contributed by atoms with van der Waals surface area (Å²) in [4.78, 5) is 15.9. The van der Waals surface area contributed by atoms with E-state index in [1.54, 1.807) is 0 Å². The van der Waals surface area contributed by atoms with Gasteiger partial charge in [-0.1, -0.05) is 164 Å². The summed E-state index contributed by atoms with van der Waals surface area (Å²) >= 11 is 0. The smallest absolute Gasteiger partial charge is 0.165 e. The van der Waals surface area contributed by atoms with Crippen LogP contribution < -0.4 is 0 Å². The van der Waals surface area contributed by atoms with Crippen molar-refractivity contribution < 1.29 is 4.42 Å². The molecule has 0 aliphatic carbocycles. The molecule has 0 N–H and O–H groups in total. The summed E-state index contributed by atoms with van der Waals surface area (Å²) in [5.41, 5.74) is 9.04. The van der Waals surface area contributed by atoms with E-state index in [2.05, 4.69) is 170 Å². The molecule has 0 atom stereocenters. The molecule has 0 aliphatic heterocycles. The van der Waals surface area contributed by atoms with Gasteiger partial charge in [-0.15, -0.1) is 0 Å². The Bertz CT molecular complexity index is 3260. The Balaban J connectivity index is 1.13. The molecule has 0 spiro atoms. The molecule has 0 saturated heterocycles. The van der Waals surface area contributed by atoms with Crippen LogP contribution in [0.3, 0.4) is 0 Å². The number of furan rings is 1. The Labute approximate surface area is 317 Å². The summed E-state index contributed by atoms with van der Waals surface area (Å²) in [6.07, 6.45) is 0. The molecule has 2 heterocycles. The van der Waals surface area contributed by atoms with Gasteiger partial charge in [0.1, 0.15) is 11.2 Å². The molecular formula is C51H31N3O. The van der Waals surface area contributed by atoms with E-state index in [-0.39, 0.29) is 0 Å². The molecule has 2 aromatic heterocycles. The van der Waals surface area contributed by atoms with Crippen LogP contribution in [-0.2, 0) is 0 Å². The average molecular weight is 702 g/mol. The van der Waals surface area contributed by atoms with Crippen molar-refractivity contribution in [2.75, 3.05) is 0 Å². The van der Waals surface area contributed by atoms with Crippen LogP contribution in [0.4, 0.5) is 0 Å². The van der Waals surface area contributed by atoms with Gasteiger partial charge in [0.2, 0.25) is 0 Å². The van der Waals surface area contributed by atoms with Crippen molar-refractivity contribution in [1.82, 2.24) is 15.0 Å². The zero-order valence-corrected chi connectivity index (χ0v) is 29.6. The van der Waals surface area contributed by atoms with Gasteiger partial charge in [-0.3, -0.25) is 0 Å². The van der Waals surface area contributed by atoms with Gasteiger partial charge >= 0.3 is 0 Å². The van der Waals surface area contributed by atoms with Gasteiger partial charge in [-0.2, -0.15) is 0 Å². The van der Waals surface area contributed by atoms with E-state index in [9.17, 15) is 0 Å². The molecule has 11 aromatic rings. The minimum absolute atomic E-state index is 0.618. The van der Waals surface area contributed by atoms with Gasteiger partial charge in [-0.05, 0) is 78.8 Å². The highest BCUT2D eigenvalue weighted by atomic mass is 16.3. The van der Waals surface area contributed by atoms with Crippen LogP contribution in [0.5, 0.6) is 0 Å². The van der Waals surface area contributed by atoms with E-state index >= 15 is 0 Å². The SMILES string of the molecule is c1ccc(-c2ccccc2-c2nc(-c3ccc(-c4ccc5oc6ccccc6c5c4)cc3)nc(-c3c4ccccc4cc4c3ccc3ccccc34)n2)cc1. The maximum absolute atomic E-state index is 6.10. The average Bonchev–Trinajstić information content (AvgIpc) is 3.64.